The molecule has 0 fully saturated rings. The van der Waals surface area contributed by atoms with Crippen LogP contribution in [0.2, 0.25) is 0 Å². The number of imidazole rings is 1. The van der Waals surface area contributed by atoms with E-state index in [9.17, 15) is 0 Å². The molecule has 4 heteroatoms. The van der Waals surface area contributed by atoms with Crippen LogP contribution >= 0.6 is 11.8 Å². The van der Waals surface area contributed by atoms with Gasteiger partial charge in [0.15, 0.2) is 5.16 Å². The number of pyridine rings is 1. The SMILES string of the molecule is c1ccc(-c2nc3n(c2-c2cccnc2)CCS3)cc1. The molecular weight excluding hydrogens is 266 g/mol. The van der Waals surface area contributed by atoms with Gasteiger partial charge in [0.1, 0.15) is 0 Å². The average Bonchev–Trinajstić information content (AvgIpc) is 3.09. The van der Waals surface area contributed by atoms with Crippen LogP contribution in [0.25, 0.3) is 22.5 Å². The van der Waals surface area contributed by atoms with E-state index in [1.807, 2.05) is 36.3 Å². The fraction of sp³-hybridized carbons (Fsp3) is 0.125. The molecule has 3 aromatic rings. The zero-order valence-electron chi connectivity index (χ0n) is 10.9. The number of fused-ring (bicyclic) bond motifs is 1. The third kappa shape index (κ3) is 1.84. The van der Waals surface area contributed by atoms with Crippen molar-refractivity contribution in [3.8, 4) is 22.5 Å². The van der Waals surface area contributed by atoms with Gasteiger partial charge in [0.25, 0.3) is 0 Å². The predicted molar refractivity (Wildman–Crippen MR) is 81.6 cm³/mol. The van der Waals surface area contributed by atoms with E-state index in [2.05, 4.69) is 39.9 Å². The molecule has 0 amide bonds. The maximum atomic E-state index is 4.84. The second-order valence-corrected chi connectivity index (χ2v) is 5.76. The predicted octanol–water partition coefficient (Wildman–Crippen LogP) is 3.72. The lowest BCUT2D eigenvalue weighted by atomic mass is 10.1. The first kappa shape index (κ1) is 11.7. The quantitative estimate of drug-likeness (QED) is 0.716. The van der Waals surface area contributed by atoms with Crippen molar-refractivity contribution in [2.45, 2.75) is 11.7 Å². The summed E-state index contributed by atoms with van der Waals surface area (Å²) in [5.41, 5.74) is 4.53. The Labute approximate surface area is 121 Å². The highest BCUT2D eigenvalue weighted by molar-refractivity contribution is 7.99. The Morgan fingerprint density at radius 2 is 1.85 bits per heavy atom. The van der Waals surface area contributed by atoms with Gasteiger partial charge >= 0.3 is 0 Å². The average molecular weight is 279 g/mol. The first-order chi connectivity index (χ1) is 9.93. The lowest BCUT2D eigenvalue weighted by molar-refractivity contribution is 0.726. The molecule has 0 aliphatic carbocycles. The molecular formula is C16H13N3S. The van der Waals surface area contributed by atoms with Crippen LogP contribution in [0.1, 0.15) is 0 Å². The van der Waals surface area contributed by atoms with E-state index in [0.29, 0.717) is 0 Å². The monoisotopic (exact) mass is 279 g/mol. The van der Waals surface area contributed by atoms with Crippen LogP contribution in [0.15, 0.2) is 60.0 Å². The van der Waals surface area contributed by atoms with E-state index in [1.54, 1.807) is 0 Å². The van der Waals surface area contributed by atoms with Gasteiger partial charge in [-0.15, -0.1) is 0 Å². The molecule has 2 aromatic heterocycles. The van der Waals surface area contributed by atoms with Crippen LogP contribution in [-0.4, -0.2) is 20.3 Å². The van der Waals surface area contributed by atoms with Gasteiger partial charge in [-0.2, -0.15) is 0 Å². The van der Waals surface area contributed by atoms with Crippen LogP contribution in [-0.2, 0) is 6.54 Å². The summed E-state index contributed by atoms with van der Waals surface area (Å²) in [5.74, 6) is 1.10. The lowest BCUT2D eigenvalue weighted by Crippen LogP contribution is -1.97. The zero-order chi connectivity index (χ0) is 13.4. The van der Waals surface area contributed by atoms with E-state index in [-0.39, 0.29) is 0 Å². The number of rotatable bonds is 2. The third-order valence-electron chi connectivity index (χ3n) is 3.46. The smallest absolute Gasteiger partial charge is 0.169 e. The molecule has 1 aliphatic rings. The van der Waals surface area contributed by atoms with E-state index >= 15 is 0 Å². The number of nitrogens with zero attached hydrogens (tertiary/aromatic N) is 3. The molecule has 20 heavy (non-hydrogen) atoms. The van der Waals surface area contributed by atoms with Crippen molar-refractivity contribution in [3.05, 3.63) is 54.9 Å². The third-order valence-corrected chi connectivity index (χ3v) is 4.42. The Bertz CT molecular complexity index is 735. The van der Waals surface area contributed by atoms with Crippen LogP contribution < -0.4 is 0 Å². The largest absolute Gasteiger partial charge is 0.318 e. The van der Waals surface area contributed by atoms with Crippen molar-refractivity contribution >= 4 is 11.8 Å². The Balaban J connectivity index is 1.97. The van der Waals surface area contributed by atoms with Crippen LogP contribution in [0.5, 0.6) is 0 Å². The Morgan fingerprint density at radius 1 is 1.00 bits per heavy atom. The van der Waals surface area contributed by atoms with Gasteiger partial charge in [0, 0.05) is 35.8 Å². The van der Waals surface area contributed by atoms with Gasteiger partial charge in [-0.3, -0.25) is 4.98 Å². The van der Waals surface area contributed by atoms with Crippen molar-refractivity contribution < 1.29 is 0 Å². The molecule has 3 heterocycles. The summed E-state index contributed by atoms with van der Waals surface area (Å²) in [6, 6.07) is 14.5. The Hall–Kier alpha value is -2.07. The van der Waals surface area contributed by atoms with Gasteiger partial charge in [-0.25, -0.2) is 4.98 Å². The van der Waals surface area contributed by atoms with Crippen molar-refractivity contribution in [2.24, 2.45) is 0 Å². The van der Waals surface area contributed by atoms with Gasteiger partial charge in [-0.1, -0.05) is 42.1 Å². The maximum absolute atomic E-state index is 4.84. The second-order valence-electron chi connectivity index (χ2n) is 4.70. The molecule has 0 spiro atoms. The lowest BCUT2D eigenvalue weighted by Gasteiger charge is -2.07. The fourth-order valence-electron chi connectivity index (χ4n) is 2.57. The maximum Gasteiger partial charge on any atom is 0.169 e. The summed E-state index contributed by atoms with van der Waals surface area (Å²) in [4.78, 5) is 9.09. The van der Waals surface area contributed by atoms with E-state index in [4.69, 9.17) is 4.98 Å². The molecule has 1 aliphatic heterocycles. The molecule has 0 radical (unpaired) electrons. The van der Waals surface area contributed by atoms with Crippen molar-refractivity contribution in [2.75, 3.05) is 5.75 Å². The molecule has 0 saturated carbocycles. The molecule has 4 rings (SSSR count). The first-order valence-corrected chi connectivity index (χ1v) is 7.61. The van der Waals surface area contributed by atoms with E-state index in [0.717, 1.165) is 34.3 Å². The summed E-state index contributed by atoms with van der Waals surface area (Å²) < 4.78 is 2.31. The van der Waals surface area contributed by atoms with Crippen molar-refractivity contribution in [3.63, 3.8) is 0 Å². The summed E-state index contributed by atoms with van der Waals surface area (Å²) in [6.07, 6.45) is 3.72. The van der Waals surface area contributed by atoms with Gasteiger partial charge in [-0.05, 0) is 12.1 Å². The van der Waals surface area contributed by atoms with Crippen LogP contribution in [0.4, 0.5) is 0 Å². The number of thioether (sulfide) groups is 1. The highest BCUT2D eigenvalue weighted by Crippen LogP contribution is 2.38. The summed E-state index contributed by atoms with van der Waals surface area (Å²) >= 11 is 1.82. The number of hydrogen-bond donors (Lipinski definition) is 0. The van der Waals surface area contributed by atoms with Crippen molar-refractivity contribution in [1.29, 1.82) is 0 Å². The first-order valence-electron chi connectivity index (χ1n) is 6.62. The molecule has 0 atom stereocenters. The molecule has 0 N–H and O–H groups in total. The summed E-state index contributed by atoms with van der Waals surface area (Å²) in [5, 5.41) is 1.11. The highest BCUT2D eigenvalue weighted by Gasteiger charge is 2.23. The minimum atomic E-state index is 1.02. The standard InChI is InChI=1S/C16H13N3S/c1-2-5-12(6-3-1)14-15(13-7-4-8-17-11-13)19-9-10-20-16(19)18-14/h1-8,11H,9-10H2. The molecule has 0 bridgehead atoms. The molecule has 0 saturated heterocycles. The topological polar surface area (TPSA) is 30.7 Å². The number of aromatic nitrogens is 3. The summed E-state index contributed by atoms with van der Waals surface area (Å²) in [7, 11) is 0. The highest BCUT2D eigenvalue weighted by atomic mass is 32.2. The van der Waals surface area contributed by atoms with E-state index in [1.165, 1.54) is 5.69 Å². The normalized spacial score (nSPS) is 13.4. The molecule has 1 aromatic carbocycles. The number of benzene rings is 1. The number of hydrogen-bond acceptors (Lipinski definition) is 3. The van der Waals surface area contributed by atoms with E-state index < -0.39 is 0 Å². The van der Waals surface area contributed by atoms with Gasteiger partial charge in [0.2, 0.25) is 0 Å². The summed E-state index contributed by atoms with van der Waals surface area (Å²) in [6.45, 7) is 1.02. The van der Waals surface area contributed by atoms with Crippen LogP contribution in [0, 0.1) is 0 Å². The minimum Gasteiger partial charge on any atom is -0.318 e. The molecule has 3 nitrogen and oxygen atoms in total. The molecule has 0 unspecified atom stereocenters. The van der Waals surface area contributed by atoms with Gasteiger partial charge in [0.05, 0.1) is 11.4 Å². The van der Waals surface area contributed by atoms with Crippen LogP contribution in [0.3, 0.4) is 0 Å². The fourth-order valence-corrected chi connectivity index (χ4v) is 3.52. The minimum absolute atomic E-state index is 1.02. The van der Waals surface area contributed by atoms with Crippen molar-refractivity contribution in [1.82, 2.24) is 14.5 Å². The van der Waals surface area contributed by atoms with Gasteiger partial charge < -0.3 is 4.57 Å². The Morgan fingerprint density at radius 3 is 2.65 bits per heavy atom. The molecule has 98 valence electrons. The zero-order valence-corrected chi connectivity index (χ0v) is 11.7. The Kier molecular flexibility index (Phi) is 2.81. The second kappa shape index (κ2) is 4.80.